The van der Waals surface area contributed by atoms with Gasteiger partial charge in [0.15, 0.2) is 0 Å². The highest BCUT2D eigenvalue weighted by atomic mass is 35.5. The van der Waals surface area contributed by atoms with Crippen LogP contribution < -0.4 is 0 Å². The number of hydrogen-bond donors (Lipinski definition) is 0. The fourth-order valence-electron chi connectivity index (χ4n) is 4.53. The summed E-state index contributed by atoms with van der Waals surface area (Å²) in [4.78, 5) is 41.0. The first-order valence-corrected chi connectivity index (χ1v) is 12.6. The minimum absolute atomic E-state index is 0.0437. The summed E-state index contributed by atoms with van der Waals surface area (Å²) in [7, 11) is 0. The molecule has 0 unspecified atom stereocenters. The Labute approximate surface area is 220 Å². The molecule has 0 radical (unpaired) electrons. The minimum Gasteiger partial charge on any atom is -0.466 e. The van der Waals surface area contributed by atoms with Crippen molar-refractivity contribution in [2.24, 2.45) is 0 Å². The van der Waals surface area contributed by atoms with Gasteiger partial charge in [0.25, 0.3) is 5.91 Å². The molecular weight excluding hydrogens is 497 g/mol. The fourth-order valence-corrected chi connectivity index (χ4v) is 4.66. The molecule has 9 heteroatoms. The number of amides is 2. The van der Waals surface area contributed by atoms with Gasteiger partial charge in [-0.15, -0.1) is 0 Å². The first-order chi connectivity index (χ1) is 17.8. The van der Waals surface area contributed by atoms with E-state index in [0.717, 1.165) is 5.56 Å². The molecule has 1 aliphatic rings. The zero-order valence-electron chi connectivity index (χ0n) is 20.9. The zero-order valence-corrected chi connectivity index (χ0v) is 21.6. The Morgan fingerprint density at radius 3 is 2.24 bits per heavy atom. The Kier molecular flexibility index (Phi) is 8.28. The number of halogens is 2. The second-order valence-corrected chi connectivity index (χ2v) is 9.24. The van der Waals surface area contributed by atoms with Crippen LogP contribution in [-0.2, 0) is 14.3 Å². The molecule has 1 fully saturated rings. The zero-order chi connectivity index (χ0) is 26.5. The average molecular weight is 526 g/mol. The van der Waals surface area contributed by atoms with Gasteiger partial charge in [0.05, 0.1) is 30.0 Å². The molecule has 194 valence electrons. The van der Waals surface area contributed by atoms with Crippen LogP contribution in [-0.4, -0.2) is 64.9 Å². The lowest BCUT2D eigenvalue weighted by molar-refractivity contribution is -0.146. The van der Waals surface area contributed by atoms with Crippen molar-refractivity contribution in [3.8, 4) is 16.9 Å². The largest absolute Gasteiger partial charge is 0.466 e. The van der Waals surface area contributed by atoms with Gasteiger partial charge < -0.3 is 19.1 Å². The monoisotopic (exact) mass is 525 g/mol. The number of esters is 1. The number of aromatic nitrogens is 1. The molecule has 37 heavy (non-hydrogen) atoms. The van der Waals surface area contributed by atoms with E-state index < -0.39 is 11.8 Å². The van der Waals surface area contributed by atoms with E-state index in [2.05, 4.69) is 0 Å². The number of hydrogen-bond acceptors (Lipinski definition) is 4. The number of carbonyl (C=O) groups excluding carboxylic acids is 3. The number of piperazine rings is 1. The molecule has 0 aliphatic carbocycles. The van der Waals surface area contributed by atoms with Gasteiger partial charge in [0, 0.05) is 43.3 Å². The molecule has 1 aromatic heterocycles. The maximum Gasteiger partial charge on any atom is 0.306 e. The number of para-hydroxylation sites is 1. The molecule has 0 spiro atoms. The lowest BCUT2D eigenvalue weighted by Gasteiger charge is -2.34. The molecule has 3 aromatic rings. The lowest BCUT2D eigenvalue weighted by Crippen LogP contribution is -2.50. The fraction of sp³-hybridized carbons (Fsp3) is 0.321. The third-order valence-corrected chi connectivity index (χ3v) is 6.73. The molecule has 0 atom stereocenters. The third kappa shape index (κ3) is 5.85. The third-order valence-electron chi connectivity index (χ3n) is 6.48. The molecule has 2 heterocycles. The maximum absolute atomic E-state index is 14.9. The molecule has 4 rings (SSSR count). The number of ether oxygens (including phenoxy) is 1. The highest BCUT2D eigenvalue weighted by Gasteiger charge is 2.28. The predicted molar refractivity (Wildman–Crippen MR) is 139 cm³/mol. The van der Waals surface area contributed by atoms with Crippen LogP contribution in [0, 0.1) is 12.7 Å². The molecule has 0 saturated carbocycles. The van der Waals surface area contributed by atoms with Gasteiger partial charge in [-0.05, 0) is 49.7 Å². The van der Waals surface area contributed by atoms with Crippen LogP contribution in [0.3, 0.4) is 0 Å². The maximum atomic E-state index is 14.9. The van der Waals surface area contributed by atoms with E-state index in [9.17, 15) is 18.8 Å². The van der Waals surface area contributed by atoms with E-state index in [1.54, 1.807) is 64.6 Å². The van der Waals surface area contributed by atoms with Crippen LogP contribution in [0.15, 0.2) is 54.6 Å². The predicted octanol–water partition coefficient (Wildman–Crippen LogP) is 4.87. The summed E-state index contributed by atoms with van der Waals surface area (Å²) in [5, 5.41) is 0.579. The molecule has 2 aromatic carbocycles. The summed E-state index contributed by atoms with van der Waals surface area (Å²) >= 11 is 6.07. The summed E-state index contributed by atoms with van der Waals surface area (Å²) in [6, 6.07) is 15.4. The lowest BCUT2D eigenvalue weighted by atomic mass is 10.1. The second kappa shape index (κ2) is 11.6. The Bertz CT molecular complexity index is 1300. The summed E-state index contributed by atoms with van der Waals surface area (Å²) in [5.41, 5.74) is 2.91. The summed E-state index contributed by atoms with van der Waals surface area (Å²) in [6.07, 6.45) is 0.129. The quantitative estimate of drug-likeness (QED) is 0.412. The number of carbonyl (C=O) groups is 3. The Morgan fingerprint density at radius 2 is 1.59 bits per heavy atom. The first kappa shape index (κ1) is 26.4. The number of rotatable bonds is 7. The van der Waals surface area contributed by atoms with Gasteiger partial charge in [-0.2, -0.15) is 0 Å². The molecule has 2 amide bonds. The Hall–Kier alpha value is -3.65. The Balaban J connectivity index is 1.55. The van der Waals surface area contributed by atoms with Crippen LogP contribution in [0.2, 0.25) is 5.02 Å². The molecular formula is C28H29ClFN3O4. The normalized spacial score (nSPS) is 13.5. The van der Waals surface area contributed by atoms with Gasteiger partial charge in [0.2, 0.25) is 5.91 Å². The van der Waals surface area contributed by atoms with Crippen molar-refractivity contribution in [3.05, 3.63) is 76.7 Å². The van der Waals surface area contributed by atoms with Crippen molar-refractivity contribution < 1.29 is 23.5 Å². The van der Waals surface area contributed by atoms with Gasteiger partial charge in [-0.25, -0.2) is 4.39 Å². The topological polar surface area (TPSA) is 71.9 Å². The van der Waals surface area contributed by atoms with Crippen molar-refractivity contribution >= 4 is 29.4 Å². The minimum atomic E-state index is -0.398. The molecule has 7 nitrogen and oxygen atoms in total. The van der Waals surface area contributed by atoms with Gasteiger partial charge in [-0.1, -0.05) is 35.9 Å². The van der Waals surface area contributed by atoms with Crippen LogP contribution >= 0.6 is 11.6 Å². The smallest absolute Gasteiger partial charge is 0.306 e. The van der Waals surface area contributed by atoms with Crippen molar-refractivity contribution in [1.82, 2.24) is 14.4 Å². The van der Waals surface area contributed by atoms with Gasteiger partial charge in [0.1, 0.15) is 5.82 Å². The van der Waals surface area contributed by atoms with Crippen molar-refractivity contribution in [3.63, 3.8) is 0 Å². The van der Waals surface area contributed by atoms with E-state index in [-0.39, 0.29) is 31.3 Å². The SMILES string of the molecule is CCOC(=O)CCC(=O)N1CCN(C(=O)c2cc(-c3ccc(Cl)cc3)n(-c3ccccc3F)c2C)CC1. The highest BCUT2D eigenvalue weighted by Crippen LogP contribution is 2.32. The van der Waals surface area contributed by atoms with Gasteiger partial charge >= 0.3 is 5.97 Å². The highest BCUT2D eigenvalue weighted by molar-refractivity contribution is 6.30. The van der Waals surface area contributed by atoms with Crippen LogP contribution in [0.5, 0.6) is 0 Å². The van der Waals surface area contributed by atoms with Gasteiger partial charge in [-0.3, -0.25) is 14.4 Å². The summed E-state index contributed by atoms with van der Waals surface area (Å²) < 4.78 is 21.5. The summed E-state index contributed by atoms with van der Waals surface area (Å²) in [5.74, 6) is -1.10. The standard InChI is InChI=1S/C28H29ClFN3O4/c1-3-37-27(35)13-12-26(34)31-14-16-32(17-15-31)28(36)22-18-25(20-8-10-21(29)11-9-20)33(19(22)2)24-7-5-4-6-23(24)30/h4-11,18H,3,12-17H2,1-2H3. The van der Waals surface area contributed by atoms with Crippen molar-refractivity contribution in [1.29, 1.82) is 0 Å². The van der Waals surface area contributed by atoms with Crippen LogP contribution in [0.4, 0.5) is 4.39 Å². The molecule has 0 bridgehead atoms. The van der Waals surface area contributed by atoms with Crippen molar-refractivity contribution in [2.75, 3.05) is 32.8 Å². The Morgan fingerprint density at radius 1 is 0.946 bits per heavy atom. The first-order valence-electron chi connectivity index (χ1n) is 12.3. The van der Waals surface area contributed by atoms with E-state index in [1.165, 1.54) is 6.07 Å². The molecule has 1 saturated heterocycles. The average Bonchev–Trinajstić information content (AvgIpc) is 3.24. The molecule has 1 aliphatic heterocycles. The van der Waals surface area contributed by atoms with E-state index in [1.807, 2.05) is 12.1 Å². The van der Waals surface area contributed by atoms with E-state index >= 15 is 0 Å². The molecule has 0 N–H and O–H groups in total. The van der Waals surface area contributed by atoms with Crippen LogP contribution in [0.1, 0.15) is 35.8 Å². The number of nitrogens with zero attached hydrogens (tertiary/aromatic N) is 3. The summed E-state index contributed by atoms with van der Waals surface area (Å²) in [6.45, 7) is 5.30. The number of benzene rings is 2. The second-order valence-electron chi connectivity index (χ2n) is 8.80. The van der Waals surface area contributed by atoms with Crippen LogP contribution in [0.25, 0.3) is 16.9 Å². The van der Waals surface area contributed by atoms with E-state index in [0.29, 0.717) is 53.8 Å². The van der Waals surface area contributed by atoms with Crippen molar-refractivity contribution in [2.45, 2.75) is 26.7 Å². The van der Waals surface area contributed by atoms with E-state index in [4.69, 9.17) is 16.3 Å².